The monoisotopic (exact) mass is 252 g/mol. The zero-order chi connectivity index (χ0) is 13.0. The number of fused-ring (bicyclic) bond motifs is 5. The second-order valence-electron chi connectivity index (χ2n) is 6.19. The first-order chi connectivity index (χ1) is 9.28. The second-order valence-corrected chi connectivity index (χ2v) is 6.19. The minimum absolute atomic E-state index is 0.191. The predicted molar refractivity (Wildman–Crippen MR) is 71.1 cm³/mol. The number of hydrogen-bond donors (Lipinski definition) is 1. The molecule has 0 radical (unpaired) electrons. The molecule has 1 aromatic rings. The molecule has 1 aromatic carbocycles. The average molecular weight is 252 g/mol. The number of carbonyl (C=O) groups excluding carboxylic acids is 1. The molecular formula is C16H16N2O. The molecule has 3 aliphatic carbocycles. The zero-order valence-electron chi connectivity index (χ0n) is 10.7. The highest BCUT2D eigenvalue weighted by Crippen LogP contribution is 2.69. The van der Waals surface area contributed by atoms with Gasteiger partial charge in [0.05, 0.1) is 11.6 Å². The third-order valence-electron chi connectivity index (χ3n) is 5.32. The number of anilines is 1. The normalized spacial score (nSPS) is 37.5. The molecule has 0 saturated heterocycles. The van der Waals surface area contributed by atoms with Crippen LogP contribution in [0.4, 0.5) is 5.69 Å². The maximum absolute atomic E-state index is 12.3. The minimum atomic E-state index is 0.191. The summed E-state index contributed by atoms with van der Waals surface area (Å²) in [6.45, 7) is 0. The van der Waals surface area contributed by atoms with Crippen molar-refractivity contribution in [3.8, 4) is 6.07 Å². The Balaban J connectivity index is 1.44. The first-order valence-electron chi connectivity index (χ1n) is 7.09. The topological polar surface area (TPSA) is 52.9 Å². The standard InChI is InChI=1S/C16H16N2O/c17-8-9-1-5-12(6-2-9)18-16(19)15-13-10-3-4-11(7-10)14(13)15/h1-2,5-6,10-11,13-15H,3-4,7H2,(H,18,19). The van der Waals surface area contributed by atoms with E-state index in [2.05, 4.69) is 11.4 Å². The van der Waals surface area contributed by atoms with E-state index < -0.39 is 0 Å². The summed E-state index contributed by atoms with van der Waals surface area (Å²) in [7, 11) is 0. The molecule has 2 bridgehead atoms. The third-order valence-corrected chi connectivity index (χ3v) is 5.32. The molecule has 1 N–H and O–H groups in total. The van der Waals surface area contributed by atoms with Gasteiger partial charge in [-0.25, -0.2) is 0 Å². The molecule has 3 heteroatoms. The Labute approximate surface area is 112 Å². The Morgan fingerprint density at radius 2 is 1.79 bits per heavy atom. The van der Waals surface area contributed by atoms with Crippen LogP contribution in [0.2, 0.25) is 0 Å². The molecule has 4 rings (SSSR count). The van der Waals surface area contributed by atoms with E-state index in [0.717, 1.165) is 17.5 Å². The highest BCUT2D eigenvalue weighted by molar-refractivity contribution is 5.95. The van der Waals surface area contributed by atoms with Crippen LogP contribution in [-0.4, -0.2) is 5.91 Å². The first-order valence-corrected chi connectivity index (χ1v) is 7.09. The number of hydrogen-bond acceptors (Lipinski definition) is 2. The van der Waals surface area contributed by atoms with E-state index >= 15 is 0 Å². The predicted octanol–water partition coefficient (Wildman–Crippen LogP) is 2.79. The fraction of sp³-hybridized carbons (Fsp3) is 0.500. The molecule has 4 unspecified atom stereocenters. The third kappa shape index (κ3) is 1.59. The summed E-state index contributed by atoms with van der Waals surface area (Å²) in [5.41, 5.74) is 1.43. The Hall–Kier alpha value is -1.82. The molecule has 0 aliphatic heterocycles. The van der Waals surface area contributed by atoms with Crippen molar-refractivity contribution < 1.29 is 4.79 Å². The van der Waals surface area contributed by atoms with E-state index in [1.165, 1.54) is 19.3 Å². The molecule has 3 aliphatic rings. The van der Waals surface area contributed by atoms with Gasteiger partial charge in [0.25, 0.3) is 0 Å². The van der Waals surface area contributed by atoms with Gasteiger partial charge >= 0.3 is 0 Å². The van der Waals surface area contributed by atoms with Crippen LogP contribution in [0.15, 0.2) is 24.3 Å². The van der Waals surface area contributed by atoms with E-state index in [1.807, 2.05) is 12.1 Å². The van der Waals surface area contributed by atoms with E-state index in [9.17, 15) is 4.79 Å². The van der Waals surface area contributed by atoms with Gasteiger partial charge in [-0.3, -0.25) is 4.79 Å². The lowest BCUT2D eigenvalue weighted by Gasteiger charge is -2.09. The molecule has 3 fully saturated rings. The summed E-state index contributed by atoms with van der Waals surface area (Å²) >= 11 is 0. The van der Waals surface area contributed by atoms with Crippen LogP contribution in [0.25, 0.3) is 0 Å². The summed E-state index contributed by atoms with van der Waals surface area (Å²) in [4.78, 5) is 12.3. The Morgan fingerprint density at radius 3 is 2.37 bits per heavy atom. The molecule has 19 heavy (non-hydrogen) atoms. The largest absolute Gasteiger partial charge is 0.326 e. The van der Waals surface area contributed by atoms with Gasteiger partial charge in [0, 0.05) is 11.6 Å². The lowest BCUT2D eigenvalue weighted by molar-refractivity contribution is -0.118. The van der Waals surface area contributed by atoms with Gasteiger partial charge in [-0.05, 0) is 67.2 Å². The number of nitriles is 1. The van der Waals surface area contributed by atoms with Gasteiger partial charge < -0.3 is 5.32 Å². The maximum atomic E-state index is 12.3. The van der Waals surface area contributed by atoms with Crippen LogP contribution in [0.3, 0.4) is 0 Å². The molecular weight excluding hydrogens is 236 g/mol. The van der Waals surface area contributed by atoms with Crippen LogP contribution in [0.5, 0.6) is 0 Å². The summed E-state index contributed by atoms with van der Waals surface area (Å²) < 4.78 is 0. The fourth-order valence-electron chi connectivity index (χ4n) is 4.53. The van der Waals surface area contributed by atoms with E-state index in [4.69, 9.17) is 5.26 Å². The van der Waals surface area contributed by atoms with Crippen molar-refractivity contribution in [2.24, 2.45) is 29.6 Å². The lowest BCUT2D eigenvalue weighted by Crippen LogP contribution is -2.18. The minimum Gasteiger partial charge on any atom is -0.326 e. The molecule has 4 atom stereocenters. The van der Waals surface area contributed by atoms with Gasteiger partial charge in [-0.15, -0.1) is 0 Å². The zero-order valence-corrected chi connectivity index (χ0v) is 10.7. The van der Waals surface area contributed by atoms with Gasteiger partial charge in [0.1, 0.15) is 0 Å². The smallest absolute Gasteiger partial charge is 0.228 e. The van der Waals surface area contributed by atoms with Gasteiger partial charge in [0.2, 0.25) is 5.91 Å². The van der Waals surface area contributed by atoms with Crippen molar-refractivity contribution in [2.45, 2.75) is 19.3 Å². The van der Waals surface area contributed by atoms with Crippen molar-refractivity contribution in [3.63, 3.8) is 0 Å². The van der Waals surface area contributed by atoms with E-state index in [1.54, 1.807) is 12.1 Å². The van der Waals surface area contributed by atoms with Gasteiger partial charge in [0.15, 0.2) is 0 Å². The number of carbonyl (C=O) groups is 1. The molecule has 0 aromatic heterocycles. The molecule has 0 spiro atoms. The van der Waals surface area contributed by atoms with Crippen molar-refractivity contribution in [2.75, 3.05) is 5.32 Å². The highest BCUT2D eigenvalue weighted by Gasteiger charge is 2.67. The number of rotatable bonds is 2. The Morgan fingerprint density at radius 1 is 1.16 bits per heavy atom. The summed E-state index contributed by atoms with van der Waals surface area (Å²) in [6, 6.07) is 9.19. The molecule has 96 valence electrons. The summed E-state index contributed by atoms with van der Waals surface area (Å²) in [6.07, 6.45) is 4.05. The first kappa shape index (κ1) is 11.0. The Bertz CT molecular complexity index is 555. The molecule has 3 saturated carbocycles. The van der Waals surface area contributed by atoms with Crippen LogP contribution >= 0.6 is 0 Å². The van der Waals surface area contributed by atoms with Crippen LogP contribution in [-0.2, 0) is 4.79 Å². The lowest BCUT2D eigenvalue weighted by atomic mass is 10.0. The van der Waals surface area contributed by atoms with Crippen LogP contribution < -0.4 is 5.32 Å². The summed E-state index contributed by atoms with van der Waals surface area (Å²) in [5, 5.41) is 11.7. The van der Waals surface area contributed by atoms with Crippen LogP contribution in [0, 0.1) is 40.9 Å². The Kier molecular flexibility index (Phi) is 2.23. The van der Waals surface area contributed by atoms with E-state index in [-0.39, 0.29) is 11.8 Å². The average Bonchev–Trinajstić information content (AvgIpc) is 2.89. The molecule has 0 heterocycles. The van der Waals surface area contributed by atoms with Crippen molar-refractivity contribution in [1.82, 2.24) is 0 Å². The fourth-order valence-corrected chi connectivity index (χ4v) is 4.53. The number of benzene rings is 1. The van der Waals surface area contributed by atoms with Gasteiger partial charge in [-0.1, -0.05) is 0 Å². The number of nitrogens with zero attached hydrogens (tertiary/aromatic N) is 1. The van der Waals surface area contributed by atoms with E-state index in [0.29, 0.717) is 17.4 Å². The van der Waals surface area contributed by atoms with Crippen molar-refractivity contribution >= 4 is 11.6 Å². The highest BCUT2D eigenvalue weighted by atomic mass is 16.2. The van der Waals surface area contributed by atoms with Gasteiger partial charge in [-0.2, -0.15) is 5.26 Å². The van der Waals surface area contributed by atoms with Crippen molar-refractivity contribution in [1.29, 1.82) is 5.26 Å². The van der Waals surface area contributed by atoms with Crippen LogP contribution in [0.1, 0.15) is 24.8 Å². The summed E-state index contributed by atoms with van der Waals surface area (Å²) in [5.74, 6) is 3.46. The molecule has 3 nitrogen and oxygen atoms in total. The molecule has 1 amide bonds. The number of nitrogens with one attached hydrogen (secondary N) is 1. The van der Waals surface area contributed by atoms with Crippen molar-refractivity contribution in [3.05, 3.63) is 29.8 Å². The number of amides is 1. The quantitative estimate of drug-likeness (QED) is 0.880. The maximum Gasteiger partial charge on any atom is 0.228 e. The SMILES string of the molecule is N#Cc1ccc(NC(=O)C2C3C4CCC(C4)C23)cc1. The second kappa shape index (κ2) is 3.84.